The fourth-order valence-electron chi connectivity index (χ4n) is 4.76. The first kappa shape index (κ1) is 6.93. The van der Waals surface area contributed by atoms with Gasteiger partial charge in [-0.05, 0) is 36.0 Å². The minimum atomic E-state index is -0.0677. The van der Waals surface area contributed by atoms with Crippen molar-refractivity contribution in [1.29, 1.82) is 0 Å². The van der Waals surface area contributed by atoms with Gasteiger partial charge in [-0.2, -0.15) is 0 Å². The number of rotatable bonds is 1. The highest BCUT2D eigenvalue weighted by Gasteiger charge is 2.91. The van der Waals surface area contributed by atoms with Crippen molar-refractivity contribution in [3.05, 3.63) is 0 Å². The van der Waals surface area contributed by atoms with E-state index >= 15 is 0 Å². The first-order chi connectivity index (χ1) is 5.49. The maximum atomic E-state index is 11.4. The van der Waals surface area contributed by atoms with Gasteiger partial charge in [0.2, 0.25) is 5.91 Å². The van der Waals surface area contributed by atoms with Crippen LogP contribution in [0.15, 0.2) is 0 Å². The Morgan fingerprint density at radius 3 is 2.42 bits per heavy atom. The summed E-state index contributed by atoms with van der Waals surface area (Å²) in [6.45, 7) is 4.58. The van der Waals surface area contributed by atoms with Crippen LogP contribution in [0, 0.1) is 22.2 Å². The average Bonchev–Trinajstić information content (AvgIpc) is 2.33. The zero-order valence-corrected chi connectivity index (χ0v) is 7.68. The molecular weight excluding hydrogens is 150 g/mol. The lowest BCUT2D eigenvalue weighted by molar-refractivity contribution is -0.327. The molecule has 4 bridgehead atoms. The van der Waals surface area contributed by atoms with Gasteiger partial charge in [-0.1, -0.05) is 13.8 Å². The van der Waals surface area contributed by atoms with Crippen LogP contribution in [0.3, 0.4) is 0 Å². The second-order valence-corrected chi connectivity index (χ2v) is 5.35. The smallest absolute Gasteiger partial charge is 0.224 e. The van der Waals surface area contributed by atoms with Gasteiger partial charge < -0.3 is 5.73 Å². The Morgan fingerprint density at radius 1 is 1.50 bits per heavy atom. The minimum Gasteiger partial charge on any atom is -0.369 e. The van der Waals surface area contributed by atoms with Crippen LogP contribution in [0.2, 0.25) is 0 Å². The van der Waals surface area contributed by atoms with Crippen LogP contribution in [0.5, 0.6) is 0 Å². The normalized spacial score (nSPS) is 65.3. The quantitative estimate of drug-likeness (QED) is 0.625. The van der Waals surface area contributed by atoms with E-state index in [1.807, 2.05) is 0 Å². The van der Waals surface area contributed by atoms with E-state index in [0.717, 1.165) is 6.42 Å². The second kappa shape index (κ2) is 1.34. The monoisotopic (exact) mass is 165 g/mol. The molecule has 0 heterocycles. The summed E-state index contributed by atoms with van der Waals surface area (Å²) in [5.41, 5.74) is 6.18. The number of carbonyl (C=O) groups excluding carboxylic acids is 1. The molecule has 1 amide bonds. The second-order valence-electron chi connectivity index (χ2n) is 5.35. The van der Waals surface area contributed by atoms with Crippen LogP contribution in [-0.4, -0.2) is 5.91 Å². The number of nitrogens with two attached hydrogens (primary N) is 1. The van der Waals surface area contributed by atoms with Gasteiger partial charge in [0.05, 0.1) is 5.41 Å². The van der Waals surface area contributed by atoms with Crippen molar-refractivity contribution in [2.75, 3.05) is 0 Å². The molecule has 0 saturated heterocycles. The molecule has 2 N–H and O–H groups in total. The Morgan fingerprint density at radius 2 is 2.17 bits per heavy atom. The van der Waals surface area contributed by atoms with Crippen molar-refractivity contribution in [2.24, 2.45) is 27.9 Å². The Hall–Kier alpha value is -0.530. The zero-order valence-electron chi connectivity index (χ0n) is 7.68. The van der Waals surface area contributed by atoms with E-state index in [1.54, 1.807) is 0 Å². The molecule has 0 radical (unpaired) electrons. The molecular formula is C10H15NO. The Kier molecular flexibility index (Phi) is 0.774. The van der Waals surface area contributed by atoms with Gasteiger partial charge in [0.25, 0.3) is 0 Å². The maximum absolute atomic E-state index is 11.4. The number of primary amides is 1. The molecule has 5 aliphatic rings. The van der Waals surface area contributed by atoms with E-state index in [0.29, 0.717) is 11.3 Å². The molecule has 0 aromatic heterocycles. The van der Waals surface area contributed by atoms with Crippen molar-refractivity contribution < 1.29 is 4.79 Å². The van der Waals surface area contributed by atoms with Gasteiger partial charge in [-0.25, -0.2) is 0 Å². The molecule has 4 atom stereocenters. The van der Waals surface area contributed by atoms with Crippen LogP contribution in [-0.2, 0) is 4.79 Å². The minimum absolute atomic E-state index is 0.0313. The summed E-state index contributed by atoms with van der Waals surface area (Å²) in [6.07, 6.45) is 3.52. The fourth-order valence-corrected chi connectivity index (χ4v) is 4.76. The summed E-state index contributed by atoms with van der Waals surface area (Å²) in [5.74, 6) is 0.601. The number of fused-ring (bicyclic) bond motifs is 1. The Balaban J connectivity index is 2.12. The van der Waals surface area contributed by atoms with Gasteiger partial charge >= 0.3 is 0 Å². The van der Waals surface area contributed by atoms with Crippen molar-refractivity contribution in [1.82, 2.24) is 0 Å². The molecule has 2 heteroatoms. The summed E-state index contributed by atoms with van der Waals surface area (Å²) in [7, 11) is 0. The Bertz CT molecular complexity index is 300. The lowest BCUT2D eigenvalue weighted by atomic mass is 9.21. The molecule has 0 spiro atoms. The van der Waals surface area contributed by atoms with E-state index < -0.39 is 0 Å². The SMILES string of the molecule is C[C@]12CC[C@@H]3[C@]1(C)C[C@]32C(N)=O. The van der Waals surface area contributed by atoms with Gasteiger partial charge in [0.15, 0.2) is 0 Å². The third-order valence-corrected chi connectivity index (χ3v) is 5.63. The summed E-state index contributed by atoms with van der Waals surface area (Å²) in [4.78, 5) is 11.4. The zero-order chi connectivity index (χ0) is 8.78. The van der Waals surface area contributed by atoms with E-state index in [9.17, 15) is 4.79 Å². The highest BCUT2D eigenvalue weighted by molar-refractivity contribution is 5.88. The van der Waals surface area contributed by atoms with Gasteiger partial charge in [-0.3, -0.25) is 4.79 Å². The number of hydrogen-bond donors (Lipinski definition) is 1. The van der Waals surface area contributed by atoms with Crippen molar-refractivity contribution in [2.45, 2.75) is 33.1 Å². The highest BCUT2D eigenvalue weighted by Crippen LogP contribution is 2.93. The van der Waals surface area contributed by atoms with Crippen LogP contribution < -0.4 is 5.73 Å². The third kappa shape index (κ3) is 0.301. The molecule has 5 rings (SSSR count). The third-order valence-electron chi connectivity index (χ3n) is 5.63. The summed E-state index contributed by atoms with van der Waals surface area (Å²) < 4.78 is 0. The summed E-state index contributed by atoms with van der Waals surface area (Å²) in [6, 6.07) is 0. The molecule has 66 valence electrons. The van der Waals surface area contributed by atoms with Crippen LogP contribution in [0.4, 0.5) is 0 Å². The topological polar surface area (TPSA) is 43.1 Å². The largest absolute Gasteiger partial charge is 0.369 e. The van der Waals surface area contributed by atoms with Crippen LogP contribution in [0.25, 0.3) is 0 Å². The van der Waals surface area contributed by atoms with Crippen LogP contribution >= 0.6 is 0 Å². The molecule has 2 nitrogen and oxygen atoms in total. The number of carbonyl (C=O) groups is 1. The fraction of sp³-hybridized carbons (Fsp3) is 0.900. The standard InChI is InChI=1S/C10H15NO/c1-8-5-10(7(11)12)6(8)3-4-9(8,10)2/h6H,3-5H2,1-2H3,(H2,11,12)/t6-,8+,9+,10-/m1/s1. The van der Waals surface area contributed by atoms with E-state index in [1.165, 1.54) is 12.8 Å². The van der Waals surface area contributed by atoms with E-state index in [-0.39, 0.29) is 16.7 Å². The van der Waals surface area contributed by atoms with Gasteiger partial charge in [0, 0.05) is 0 Å². The predicted octanol–water partition coefficient (Wildman–Crippen LogP) is 1.30. The maximum Gasteiger partial charge on any atom is 0.224 e. The molecule has 5 fully saturated rings. The molecule has 0 aliphatic heterocycles. The predicted molar refractivity (Wildman–Crippen MR) is 45.2 cm³/mol. The number of hydrogen-bond acceptors (Lipinski definition) is 1. The lowest BCUT2D eigenvalue weighted by Gasteiger charge is -2.81. The van der Waals surface area contributed by atoms with Crippen molar-refractivity contribution in [3.8, 4) is 0 Å². The van der Waals surface area contributed by atoms with Crippen molar-refractivity contribution in [3.63, 3.8) is 0 Å². The first-order valence-corrected chi connectivity index (χ1v) is 4.79. The van der Waals surface area contributed by atoms with E-state index in [4.69, 9.17) is 5.73 Å². The average molecular weight is 165 g/mol. The lowest BCUT2D eigenvalue weighted by Crippen LogP contribution is -2.81. The van der Waals surface area contributed by atoms with Crippen molar-refractivity contribution >= 4 is 5.91 Å². The molecule has 5 saturated carbocycles. The first-order valence-electron chi connectivity index (χ1n) is 4.79. The van der Waals surface area contributed by atoms with Gasteiger partial charge in [0.1, 0.15) is 0 Å². The molecule has 12 heavy (non-hydrogen) atoms. The van der Waals surface area contributed by atoms with Crippen LogP contribution in [0.1, 0.15) is 33.1 Å². The molecule has 0 unspecified atom stereocenters. The molecule has 5 aliphatic carbocycles. The van der Waals surface area contributed by atoms with E-state index in [2.05, 4.69) is 13.8 Å². The summed E-state index contributed by atoms with van der Waals surface area (Å²) >= 11 is 0. The molecule has 0 aromatic carbocycles. The number of amides is 1. The summed E-state index contributed by atoms with van der Waals surface area (Å²) in [5, 5.41) is 0. The Labute approximate surface area is 72.5 Å². The molecule has 0 aromatic rings. The van der Waals surface area contributed by atoms with Gasteiger partial charge in [-0.15, -0.1) is 0 Å². The highest BCUT2D eigenvalue weighted by atomic mass is 16.1.